The zero-order chi connectivity index (χ0) is 15.2. The zero-order valence-corrected chi connectivity index (χ0v) is 12.8. The van der Waals surface area contributed by atoms with E-state index in [1.165, 1.54) is 16.7 Å². The van der Waals surface area contributed by atoms with Crippen LogP contribution in [0.2, 0.25) is 0 Å². The average Bonchev–Trinajstić information content (AvgIpc) is 2.43. The van der Waals surface area contributed by atoms with Gasteiger partial charge in [-0.25, -0.2) is 0 Å². The number of benzene rings is 1. The molecule has 0 aliphatic heterocycles. The molecule has 0 saturated heterocycles. The molecule has 0 spiro atoms. The summed E-state index contributed by atoms with van der Waals surface area (Å²) in [6.07, 6.45) is 4.65. The summed E-state index contributed by atoms with van der Waals surface area (Å²) in [4.78, 5) is 20.2. The summed E-state index contributed by atoms with van der Waals surface area (Å²) in [5.74, 6) is 0.0385. The van der Waals surface area contributed by atoms with Gasteiger partial charge >= 0.3 is 0 Å². The predicted molar refractivity (Wildman–Crippen MR) is 82.9 cm³/mol. The van der Waals surface area contributed by atoms with Gasteiger partial charge in [-0.2, -0.15) is 0 Å². The number of rotatable bonds is 5. The monoisotopic (exact) mass is 283 g/mol. The van der Waals surface area contributed by atoms with Crippen LogP contribution in [0.5, 0.6) is 0 Å². The van der Waals surface area contributed by atoms with E-state index in [4.69, 9.17) is 0 Å². The van der Waals surface area contributed by atoms with Crippen LogP contribution in [0.1, 0.15) is 34.5 Å². The van der Waals surface area contributed by atoms with Crippen LogP contribution in [-0.4, -0.2) is 15.9 Å². The largest absolute Gasteiger partial charge is 0.350 e. The van der Waals surface area contributed by atoms with Gasteiger partial charge in [-0.1, -0.05) is 29.3 Å². The normalized spacial score (nSPS) is 10.4. The van der Waals surface area contributed by atoms with Crippen LogP contribution in [-0.2, 0) is 17.8 Å². The van der Waals surface area contributed by atoms with E-state index in [1.807, 2.05) is 6.92 Å². The maximum absolute atomic E-state index is 11.9. The molecule has 2 rings (SSSR count). The molecular formula is C17H21N3O. The van der Waals surface area contributed by atoms with E-state index in [1.54, 1.807) is 12.4 Å². The Morgan fingerprint density at radius 2 is 1.76 bits per heavy atom. The molecule has 0 bridgehead atoms. The van der Waals surface area contributed by atoms with Crippen molar-refractivity contribution >= 4 is 5.91 Å². The molecule has 4 heteroatoms. The van der Waals surface area contributed by atoms with Crippen LogP contribution in [0.4, 0.5) is 0 Å². The lowest BCUT2D eigenvalue weighted by Gasteiger charge is -2.06. The Morgan fingerprint density at radius 3 is 2.38 bits per heavy atom. The third-order valence-electron chi connectivity index (χ3n) is 3.22. The first-order valence-electron chi connectivity index (χ1n) is 7.14. The molecule has 1 amide bonds. The Labute approximate surface area is 125 Å². The first kappa shape index (κ1) is 15.2. The molecule has 4 nitrogen and oxygen atoms in total. The zero-order valence-electron chi connectivity index (χ0n) is 12.8. The molecule has 0 aliphatic carbocycles. The van der Waals surface area contributed by atoms with Gasteiger partial charge < -0.3 is 5.32 Å². The highest BCUT2D eigenvalue weighted by Crippen LogP contribution is 2.10. The van der Waals surface area contributed by atoms with Crippen LogP contribution in [0.15, 0.2) is 30.6 Å². The van der Waals surface area contributed by atoms with Gasteiger partial charge in [0.05, 0.1) is 24.1 Å². The Morgan fingerprint density at radius 1 is 1.05 bits per heavy atom. The summed E-state index contributed by atoms with van der Waals surface area (Å²) in [6, 6.07) is 6.40. The fourth-order valence-corrected chi connectivity index (χ4v) is 2.26. The van der Waals surface area contributed by atoms with Gasteiger partial charge in [-0.15, -0.1) is 0 Å². The van der Waals surface area contributed by atoms with Gasteiger partial charge in [0.15, 0.2) is 0 Å². The van der Waals surface area contributed by atoms with E-state index in [0.717, 1.165) is 17.8 Å². The Hall–Kier alpha value is -2.23. The van der Waals surface area contributed by atoms with Crippen molar-refractivity contribution in [2.24, 2.45) is 0 Å². The van der Waals surface area contributed by atoms with Gasteiger partial charge in [0.1, 0.15) is 0 Å². The van der Waals surface area contributed by atoms with Crippen molar-refractivity contribution in [2.75, 3.05) is 0 Å². The lowest BCUT2D eigenvalue weighted by molar-refractivity contribution is -0.121. The molecule has 0 atom stereocenters. The molecule has 110 valence electrons. The Bertz CT molecular complexity index is 600. The molecule has 1 N–H and O–H groups in total. The highest BCUT2D eigenvalue weighted by atomic mass is 16.1. The third-order valence-corrected chi connectivity index (χ3v) is 3.22. The van der Waals surface area contributed by atoms with Crippen LogP contribution >= 0.6 is 0 Å². The Kier molecular flexibility index (Phi) is 5.04. The minimum Gasteiger partial charge on any atom is -0.350 e. The average molecular weight is 283 g/mol. The standard InChI is InChI=1S/C17H21N3O/c1-12-6-13(2)8-15(7-12)4-5-17(21)20-11-16-10-18-14(3)9-19-16/h6-10H,4-5,11H2,1-3H3,(H,20,21). The number of nitrogens with zero attached hydrogens (tertiary/aromatic N) is 2. The van der Waals surface area contributed by atoms with Crippen LogP contribution in [0.25, 0.3) is 0 Å². The highest BCUT2D eigenvalue weighted by Gasteiger charge is 2.04. The summed E-state index contributed by atoms with van der Waals surface area (Å²) in [5, 5.41) is 2.88. The molecule has 0 unspecified atom stereocenters. The Balaban J connectivity index is 1.80. The van der Waals surface area contributed by atoms with Gasteiger partial charge in [0.25, 0.3) is 0 Å². The first-order chi connectivity index (χ1) is 10.0. The van der Waals surface area contributed by atoms with Gasteiger partial charge in [-0.3, -0.25) is 14.8 Å². The molecule has 1 aromatic carbocycles. The van der Waals surface area contributed by atoms with Crippen molar-refractivity contribution in [2.45, 2.75) is 40.2 Å². The molecule has 0 aliphatic rings. The fourth-order valence-electron chi connectivity index (χ4n) is 2.26. The number of carbonyl (C=O) groups is 1. The SMILES string of the molecule is Cc1cc(C)cc(CCC(=O)NCc2cnc(C)cn2)c1. The van der Waals surface area contributed by atoms with Gasteiger partial charge in [-0.05, 0) is 32.8 Å². The fraction of sp³-hybridized carbons (Fsp3) is 0.353. The third kappa shape index (κ3) is 4.99. The topological polar surface area (TPSA) is 54.9 Å². The quantitative estimate of drug-likeness (QED) is 0.917. The van der Waals surface area contributed by atoms with Crippen molar-refractivity contribution in [1.29, 1.82) is 0 Å². The van der Waals surface area contributed by atoms with Crippen molar-refractivity contribution in [3.05, 3.63) is 58.7 Å². The molecule has 2 aromatic rings. The molecule has 21 heavy (non-hydrogen) atoms. The molecule has 0 saturated carbocycles. The highest BCUT2D eigenvalue weighted by molar-refractivity contribution is 5.76. The van der Waals surface area contributed by atoms with E-state index in [2.05, 4.69) is 47.3 Å². The van der Waals surface area contributed by atoms with Crippen LogP contribution in [0.3, 0.4) is 0 Å². The minimum absolute atomic E-state index is 0.0385. The molecule has 1 heterocycles. The first-order valence-corrected chi connectivity index (χ1v) is 7.14. The second kappa shape index (κ2) is 6.97. The summed E-state index contributed by atoms with van der Waals surface area (Å²) in [6.45, 7) is 6.47. The maximum Gasteiger partial charge on any atom is 0.220 e. The molecule has 0 radical (unpaired) electrons. The number of aromatic nitrogens is 2. The van der Waals surface area contributed by atoms with E-state index < -0.39 is 0 Å². The van der Waals surface area contributed by atoms with Crippen LogP contribution in [0, 0.1) is 20.8 Å². The van der Waals surface area contributed by atoms with Crippen molar-refractivity contribution in [3.63, 3.8) is 0 Å². The lowest BCUT2D eigenvalue weighted by atomic mass is 10.0. The molecule has 0 fully saturated rings. The number of carbonyl (C=O) groups excluding carboxylic acids is 1. The predicted octanol–water partition coefficient (Wildman–Crippen LogP) is 2.65. The number of nitrogens with one attached hydrogen (secondary N) is 1. The van der Waals surface area contributed by atoms with Gasteiger partial charge in [0.2, 0.25) is 5.91 Å². The van der Waals surface area contributed by atoms with Crippen molar-refractivity contribution < 1.29 is 4.79 Å². The lowest BCUT2D eigenvalue weighted by Crippen LogP contribution is -2.23. The van der Waals surface area contributed by atoms with E-state index in [9.17, 15) is 4.79 Å². The second-order valence-corrected chi connectivity index (χ2v) is 5.42. The number of hydrogen-bond acceptors (Lipinski definition) is 3. The summed E-state index contributed by atoms with van der Waals surface area (Å²) in [5.41, 5.74) is 5.33. The molecular weight excluding hydrogens is 262 g/mol. The maximum atomic E-state index is 11.9. The summed E-state index contributed by atoms with van der Waals surface area (Å²) in [7, 11) is 0. The smallest absolute Gasteiger partial charge is 0.220 e. The number of hydrogen-bond donors (Lipinski definition) is 1. The van der Waals surface area contributed by atoms with Gasteiger partial charge in [0, 0.05) is 12.6 Å². The summed E-state index contributed by atoms with van der Waals surface area (Å²) < 4.78 is 0. The van der Waals surface area contributed by atoms with Crippen molar-refractivity contribution in [3.8, 4) is 0 Å². The van der Waals surface area contributed by atoms with E-state index >= 15 is 0 Å². The number of aryl methyl sites for hydroxylation is 4. The van der Waals surface area contributed by atoms with E-state index in [-0.39, 0.29) is 5.91 Å². The van der Waals surface area contributed by atoms with Crippen molar-refractivity contribution in [1.82, 2.24) is 15.3 Å². The van der Waals surface area contributed by atoms with E-state index in [0.29, 0.717) is 13.0 Å². The summed E-state index contributed by atoms with van der Waals surface area (Å²) >= 11 is 0. The number of amides is 1. The molecule has 1 aromatic heterocycles. The van der Waals surface area contributed by atoms with Crippen LogP contribution < -0.4 is 5.32 Å². The minimum atomic E-state index is 0.0385. The second-order valence-electron chi connectivity index (χ2n) is 5.42.